The second kappa shape index (κ2) is 5.44. The highest BCUT2D eigenvalue weighted by atomic mass is 16.2. The quantitative estimate of drug-likeness (QED) is 0.794. The van der Waals surface area contributed by atoms with E-state index < -0.39 is 5.41 Å². The molecule has 3 N–H and O–H groups in total. The average Bonchev–Trinajstić information content (AvgIpc) is 2.88. The number of nitrogens with one attached hydrogen (secondary N) is 1. The zero-order valence-corrected chi connectivity index (χ0v) is 14.7. The van der Waals surface area contributed by atoms with Crippen LogP contribution < -0.4 is 11.1 Å². The minimum Gasteiger partial charge on any atom is -0.383 e. The van der Waals surface area contributed by atoms with Crippen molar-refractivity contribution >= 4 is 17.4 Å². The van der Waals surface area contributed by atoms with Crippen molar-refractivity contribution in [1.29, 1.82) is 5.26 Å². The predicted molar refractivity (Wildman–Crippen MR) is 95.0 cm³/mol. The van der Waals surface area contributed by atoms with Gasteiger partial charge in [0.15, 0.2) is 5.78 Å². The number of rotatable bonds is 1. The number of nitrogens with zero attached hydrogens (tertiary/aromatic N) is 3. The lowest BCUT2D eigenvalue weighted by molar-refractivity contribution is -0.123. The first-order valence-corrected chi connectivity index (χ1v) is 8.50. The first-order chi connectivity index (χ1) is 12.4. The Morgan fingerprint density at radius 2 is 2.00 bits per heavy atom. The van der Waals surface area contributed by atoms with Crippen LogP contribution in [0.2, 0.25) is 0 Å². The number of carbonyl (C=O) groups excluding carboxylic acids is 2. The molecule has 0 saturated carbocycles. The molecule has 1 aliphatic carbocycles. The SMILES string of the molecule is CN(C)N1C(N)=C(C#N)[C@]2(C(=O)Nc3ccccc32)C2=C1CCCC2=O. The molecule has 0 fully saturated rings. The van der Waals surface area contributed by atoms with Crippen LogP contribution in [0, 0.1) is 11.3 Å². The van der Waals surface area contributed by atoms with Crippen LogP contribution in [0.25, 0.3) is 0 Å². The monoisotopic (exact) mass is 349 g/mol. The number of para-hydroxylation sites is 1. The maximum atomic E-state index is 13.2. The van der Waals surface area contributed by atoms with Gasteiger partial charge in [-0.2, -0.15) is 5.26 Å². The molecule has 1 atom stereocenters. The molecule has 7 heteroatoms. The molecule has 0 saturated heterocycles. The van der Waals surface area contributed by atoms with Crippen LogP contribution in [0.15, 0.2) is 46.9 Å². The van der Waals surface area contributed by atoms with Gasteiger partial charge in [-0.1, -0.05) is 18.2 Å². The molecule has 26 heavy (non-hydrogen) atoms. The number of benzene rings is 1. The van der Waals surface area contributed by atoms with Gasteiger partial charge in [-0.15, -0.1) is 0 Å². The molecule has 2 heterocycles. The number of hydrazine groups is 1. The van der Waals surface area contributed by atoms with Crippen molar-refractivity contribution in [2.45, 2.75) is 24.7 Å². The Kier molecular flexibility index (Phi) is 3.43. The van der Waals surface area contributed by atoms with E-state index in [9.17, 15) is 14.9 Å². The second-order valence-corrected chi connectivity index (χ2v) is 6.88. The number of anilines is 1. The van der Waals surface area contributed by atoms with E-state index in [1.165, 1.54) is 0 Å². The fourth-order valence-electron chi connectivity index (χ4n) is 4.39. The lowest BCUT2D eigenvalue weighted by Crippen LogP contribution is -2.53. The summed E-state index contributed by atoms with van der Waals surface area (Å²) < 4.78 is 0. The van der Waals surface area contributed by atoms with Gasteiger partial charge >= 0.3 is 0 Å². The van der Waals surface area contributed by atoms with Crippen LogP contribution in [0.1, 0.15) is 24.8 Å². The highest BCUT2D eigenvalue weighted by Gasteiger charge is 2.60. The Bertz CT molecular complexity index is 953. The summed E-state index contributed by atoms with van der Waals surface area (Å²) in [5.41, 5.74) is 7.33. The van der Waals surface area contributed by atoms with E-state index in [4.69, 9.17) is 5.73 Å². The van der Waals surface area contributed by atoms with Crippen molar-refractivity contribution < 1.29 is 9.59 Å². The molecule has 3 aliphatic rings. The van der Waals surface area contributed by atoms with Gasteiger partial charge in [0.2, 0.25) is 5.91 Å². The second-order valence-electron chi connectivity index (χ2n) is 6.88. The fourth-order valence-corrected chi connectivity index (χ4v) is 4.39. The highest BCUT2D eigenvalue weighted by Crippen LogP contribution is 2.54. The number of Topliss-reactive ketones (excluding diaryl/α,β-unsaturated/α-hetero) is 1. The normalized spacial score (nSPS) is 24.8. The summed E-state index contributed by atoms with van der Waals surface area (Å²) in [6.45, 7) is 0. The van der Waals surface area contributed by atoms with Gasteiger partial charge in [0, 0.05) is 43.0 Å². The van der Waals surface area contributed by atoms with Gasteiger partial charge in [0.1, 0.15) is 17.3 Å². The van der Waals surface area contributed by atoms with Gasteiger partial charge in [-0.25, -0.2) is 5.01 Å². The number of hydrogen-bond acceptors (Lipinski definition) is 6. The molecular formula is C19H19N5O2. The van der Waals surface area contributed by atoms with Crippen LogP contribution in [0.5, 0.6) is 0 Å². The van der Waals surface area contributed by atoms with Crippen LogP contribution in [-0.2, 0) is 15.0 Å². The Labute approximate surface area is 151 Å². The molecular weight excluding hydrogens is 330 g/mol. The Morgan fingerprint density at radius 3 is 2.69 bits per heavy atom. The topological polar surface area (TPSA) is 102 Å². The highest BCUT2D eigenvalue weighted by molar-refractivity contribution is 6.19. The van der Waals surface area contributed by atoms with Gasteiger partial charge in [-0.3, -0.25) is 14.6 Å². The van der Waals surface area contributed by atoms with E-state index in [0.717, 1.165) is 0 Å². The predicted octanol–water partition coefficient (Wildman–Crippen LogP) is 1.37. The number of amides is 1. The van der Waals surface area contributed by atoms with Crippen molar-refractivity contribution in [2.75, 3.05) is 19.4 Å². The average molecular weight is 349 g/mol. The number of nitrogens with two attached hydrogens (primary N) is 1. The van der Waals surface area contributed by atoms with E-state index in [-0.39, 0.29) is 23.1 Å². The summed E-state index contributed by atoms with van der Waals surface area (Å²) in [4.78, 5) is 26.3. The maximum Gasteiger partial charge on any atom is 0.245 e. The number of fused-ring (bicyclic) bond motifs is 3. The van der Waals surface area contributed by atoms with Gasteiger partial charge in [-0.05, 0) is 18.9 Å². The molecule has 7 nitrogen and oxygen atoms in total. The van der Waals surface area contributed by atoms with Gasteiger partial charge < -0.3 is 11.1 Å². The van der Waals surface area contributed by atoms with Crippen molar-refractivity contribution in [2.24, 2.45) is 5.73 Å². The molecule has 1 aromatic carbocycles. The van der Waals surface area contributed by atoms with E-state index in [1.54, 1.807) is 42.3 Å². The summed E-state index contributed by atoms with van der Waals surface area (Å²) in [6, 6.07) is 9.31. The number of carbonyl (C=O) groups is 2. The molecule has 1 spiro atoms. The summed E-state index contributed by atoms with van der Waals surface area (Å²) in [6.07, 6.45) is 1.67. The number of hydrogen-bond donors (Lipinski definition) is 2. The van der Waals surface area contributed by atoms with Crippen LogP contribution in [0.3, 0.4) is 0 Å². The first kappa shape index (κ1) is 16.4. The summed E-state index contributed by atoms with van der Waals surface area (Å²) >= 11 is 0. The van der Waals surface area contributed by atoms with E-state index in [0.29, 0.717) is 41.8 Å². The molecule has 2 aliphatic heterocycles. The molecule has 4 rings (SSSR count). The first-order valence-electron chi connectivity index (χ1n) is 8.50. The third-order valence-corrected chi connectivity index (χ3v) is 5.31. The zero-order chi connectivity index (χ0) is 18.6. The van der Waals surface area contributed by atoms with Gasteiger partial charge in [0.25, 0.3) is 0 Å². The third-order valence-electron chi connectivity index (χ3n) is 5.31. The fraction of sp³-hybridized carbons (Fsp3) is 0.316. The van der Waals surface area contributed by atoms with E-state index in [1.807, 2.05) is 6.07 Å². The van der Waals surface area contributed by atoms with Crippen molar-refractivity contribution in [3.8, 4) is 6.07 Å². The molecule has 1 amide bonds. The number of nitriles is 1. The number of allylic oxidation sites excluding steroid dienone is 1. The smallest absolute Gasteiger partial charge is 0.245 e. The van der Waals surface area contributed by atoms with Crippen LogP contribution in [-0.4, -0.2) is 35.8 Å². The standard InChI is InChI=1S/C19H19N5O2/c1-23(2)24-14-8-5-9-15(25)16(14)19(12(10-20)17(24)21)11-6-3-4-7-13(11)22-18(19)26/h3-4,6-7H,5,8-9,21H2,1-2H3,(H,22,26)/t19-/m0/s1. The lowest BCUT2D eigenvalue weighted by atomic mass is 9.64. The molecule has 0 unspecified atom stereocenters. The minimum atomic E-state index is -1.46. The largest absolute Gasteiger partial charge is 0.383 e. The van der Waals surface area contributed by atoms with E-state index >= 15 is 0 Å². The summed E-state index contributed by atoms with van der Waals surface area (Å²) in [5.74, 6) is -0.303. The Balaban J connectivity index is 2.14. The molecule has 0 bridgehead atoms. The summed E-state index contributed by atoms with van der Waals surface area (Å²) in [5, 5.41) is 16.2. The molecule has 132 valence electrons. The van der Waals surface area contributed by atoms with E-state index in [2.05, 4.69) is 11.4 Å². The van der Waals surface area contributed by atoms with Crippen LogP contribution >= 0.6 is 0 Å². The number of ketones is 1. The minimum absolute atomic E-state index is 0.0997. The third kappa shape index (κ3) is 1.79. The Morgan fingerprint density at radius 1 is 1.27 bits per heavy atom. The van der Waals surface area contributed by atoms with Crippen molar-refractivity contribution in [3.05, 3.63) is 52.5 Å². The molecule has 0 radical (unpaired) electrons. The molecule has 1 aromatic rings. The summed E-state index contributed by atoms with van der Waals surface area (Å²) in [7, 11) is 3.60. The Hall–Kier alpha value is -3.11. The zero-order valence-electron chi connectivity index (χ0n) is 14.7. The van der Waals surface area contributed by atoms with Crippen LogP contribution in [0.4, 0.5) is 5.69 Å². The van der Waals surface area contributed by atoms with Crippen molar-refractivity contribution in [3.63, 3.8) is 0 Å². The van der Waals surface area contributed by atoms with Crippen molar-refractivity contribution in [1.82, 2.24) is 10.0 Å². The molecule has 0 aromatic heterocycles. The maximum absolute atomic E-state index is 13.2. The lowest BCUT2D eigenvalue weighted by Gasteiger charge is -2.45. The van der Waals surface area contributed by atoms with Gasteiger partial charge in [0.05, 0.1) is 5.57 Å².